The minimum Gasteiger partial charge on any atom is -0.396 e. The maximum atomic E-state index is 12.8. The predicted molar refractivity (Wildman–Crippen MR) is 55.9 cm³/mol. The molecule has 0 bridgehead atoms. The molecule has 0 heterocycles. The van der Waals surface area contributed by atoms with Crippen LogP contribution in [0.25, 0.3) is 0 Å². The van der Waals surface area contributed by atoms with Crippen molar-refractivity contribution in [3.63, 3.8) is 0 Å². The molecule has 1 aromatic carbocycles. The number of aliphatic hydroxyl groups is 1. The van der Waals surface area contributed by atoms with Crippen molar-refractivity contribution >= 4 is 5.69 Å². The summed E-state index contributed by atoms with van der Waals surface area (Å²) in [6, 6.07) is 5.99. The van der Waals surface area contributed by atoms with Crippen molar-refractivity contribution < 1.29 is 9.50 Å². The largest absolute Gasteiger partial charge is 0.396 e. The lowest BCUT2D eigenvalue weighted by Crippen LogP contribution is -2.04. The first kappa shape index (κ1) is 11.5. The van der Waals surface area contributed by atoms with E-state index in [1.807, 2.05) is 6.07 Å². The van der Waals surface area contributed by atoms with Gasteiger partial charge in [-0.25, -0.2) is 4.39 Å². The van der Waals surface area contributed by atoms with E-state index in [9.17, 15) is 4.39 Å². The summed E-state index contributed by atoms with van der Waals surface area (Å²) in [7, 11) is 0. The molecule has 0 amide bonds. The summed E-state index contributed by atoms with van der Waals surface area (Å²) >= 11 is 0. The summed E-state index contributed by atoms with van der Waals surface area (Å²) in [6.07, 6.45) is 1.54. The van der Waals surface area contributed by atoms with Gasteiger partial charge in [0.05, 0.1) is 11.3 Å². The number of hydrogen-bond donors (Lipinski definition) is 2. The van der Waals surface area contributed by atoms with Crippen LogP contribution in [0.1, 0.15) is 18.4 Å². The lowest BCUT2D eigenvalue weighted by molar-refractivity contribution is 0.286. The minimum absolute atomic E-state index is 0.163. The van der Waals surface area contributed by atoms with Gasteiger partial charge < -0.3 is 10.4 Å². The molecule has 0 aliphatic carbocycles. The van der Waals surface area contributed by atoms with Crippen molar-refractivity contribution in [3.05, 3.63) is 29.6 Å². The van der Waals surface area contributed by atoms with E-state index in [4.69, 9.17) is 10.4 Å². The first-order valence-electron chi connectivity index (χ1n) is 4.82. The van der Waals surface area contributed by atoms with Gasteiger partial charge >= 0.3 is 0 Å². The molecule has 3 nitrogen and oxygen atoms in total. The topological polar surface area (TPSA) is 56.0 Å². The van der Waals surface area contributed by atoms with Gasteiger partial charge in [0.15, 0.2) is 0 Å². The number of nitriles is 1. The number of hydrogen-bond acceptors (Lipinski definition) is 3. The Morgan fingerprint density at radius 2 is 2.20 bits per heavy atom. The number of benzene rings is 1. The third-order valence-corrected chi connectivity index (χ3v) is 2.00. The van der Waals surface area contributed by atoms with Crippen molar-refractivity contribution in [2.24, 2.45) is 0 Å². The van der Waals surface area contributed by atoms with E-state index in [-0.39, 0.29) is 6.61 Å². The Kier molecular flexibility index (Phi) is 4.58. The zero-order valence-corrected chi connectivity index (χ0v) is 8.33. The highest BCUT2D eigenvalue weighted by molar-refractivity contribution is 5.57. The van der Waals surface area contributed by atoms with E-state index in [1.54, 1.807) is 6.07 Å². The van der Waals surface area contributed by atoms with Gasteiger partial charge in [0, 0.05) is 13.2 Å². The van der Waals surface area contributed by atoms with Gasteiger partial charge in [-0.15, -0.1) is 0 Å². The molecule has 0 aromatic heterocycles. The van der Waals surface area contributed by atoms with Crippen molar-refractivity contribution in [1.29, 1.82) is 5.26 Å². The molecule has 1 aromatic rings. The zero-order chi connectivity index (χ0) is 11.1. The lowest BCUT2D eigenvalue weighted by atomic mass is 10.2. The van der Waals surface area contributed by atoms with Crippen LogP contribution in [0.15, 0.2) is 18.2 Å². The Morgan fingerprint density at radius 1 is 1.40 bits per heavy atom. The van der Waals surface area contributed by atoms with Gasteiger partial charge in [0.25, 0.3) is 0 Å². The smallest absolute Gasteiger partial charge is 0.124 e. The number of anilines is 1. The third-order valence-electron chi connectivity index (χ3n) is 2.00. The molecule has 0 aliphatic rings. The molecule has 15 heavy (non-hydrogen) atoms. The van der Waals surface area contributed by atoms with Crippen LogP contribution in [-0.2, 0) is 0 Å². The molecule has 0 aliphatic heterocycles. The summed E-state index contributed by atoms with van der Waals surface area (Å²) in [5.74, 6) is -0.410. The standard InChI is InChI=1S/C11H13FN2O/c12-10-3-4-11(9(7-10)8-13)14-5-1-2-6-15/h3-4,7,14-15H,1-2,5-6H2. The summed E-state index contributed by atoms with van der Waals surface area (Å²) in [5.41, 5.74) is 0.941. The molecular formula is C11H13FN2O. The number of nitrogens with one attached hydrogen (secondary N) is 1. The number of nitrogens with zero attached hydrogens (tertiary/aromatic N) is 1. The van der Waals surface area contributed by atoms with E-state index in [0.29, 0.717) is 17.8 Å². The van der Waals surface area contributed by atoms with Crippen LogP contribution in [0.3, 0.4) is 0 Å². The van der Waals surface area contributed by atoms with E-state index < -0.39 is 5.82 Å². The maximum absolute atomic E-state index is 12.8. The van der Waals surface area contributed by atoms with Crippen LogP contribution >= 0.6 is 0 Å². The van der Waals surface area contributed by atoms with Gasteiger partial charge in [0.1, 0.15) is 11.9 Å². The van der Waals surface area contributed by atoms with Gasteiger partial charge in [-0.1, -0.05) is 0 Å². The summed E-state index contributed by atoms with van der Waals surface area (Å²) < 4.78 is 12.8. The second-order valence-electron chi connectivity index (χ2n) is 3.16. The Bertz CT molecular complexity index is 360. The summed E-state index contributed by atoms with van der Waals surface area (Å²) in [5, 5.41) is 20.3. The van der Waals surface area contributed by atoms with Crippen LogP contribution in [-0.4, -0.2) is 18.3 Å². The average molecular weight is 208 g/mol. The number of unbranched alkanes of at least 4 members (excludes halogenated alkanes) is 1. The van der Waals surface area contributed by atoms with Crippen molar-refractivity contribution in [1.82, 2.24) is 0 Å². The second kappa shape index (κ2) is 5.99. The molecule has 0 fully saturated rings. The van der Waals surface area contributed by atoms with Crippen LogP contribution in [0.4, 0.5) is 10.1 Å². The Morgan fingerprint density at radius 3 is 2.87 bits per heavy atom. The molecule has 1 rings (SSSR count). The number of rotatable bonds is 5. The monoisotopic (exact) mass is 208 g/mol. The van der Waals surface area contributed by atoms with Gasteiger partial charge in [-0.05, 0) is 31.0 Å². The average Bonchev–Trinajstić information content (AvgIpc) is 2.26. The molecular weight excluding hydrogens is 195 g/mol. The molecule has 0 spiro atoms. The third kappa shape index (κ3) is 3.56. The molecule has 0 unspecified atom stereocenters. The molecule has 0 radical (unpaired) electrons. The van der Waals surface area contributed by atoms with Gasteiger partial charge in [-0.2, -0.15) is 5.26 Å². The van der Waals surface area contributed by atoms with Crippen molar-refractivity contribution in [3.8, 4) is 6.07 Å². The molecule has 80 valence electrons. The highest BCUT2D eigenvalue weighted by atomic mass is 19.1. The second-order valence-corrected chi connectivity index (χ2v) is 3.16. The first-order chi connectivity index (χ1) is 7.27. The summed E-state index contributed by atoms with van der Waals surface area (Å²) in [6.45, 7) is 0.830. The van der Waals surface area contributed by atoms with E-state index in [0.717, 1.165) is 12.8 Å². The normalized spacial score (nSPS) is 9.67. The SMILES string of the molecule is N#Cc1cc(F)ccc1NCCCCO. The number of aliphatic hydroxyl groups excluding tert-OH is 1. The first-order valence-corrected chi connectivity index (χ1v) is 4.82. The Hall–Kier alpha value is -1.60. The zero-order valence-electron chi connectivity index (χ0n) is 8.33. The molecule has 0 atom stereocenters. The lowest BCUT2D eigenvalue weighted by Gasteiger charge is -2.07. The minimum atomic E-state index is -0.410. The maximum Gasteiger partial charge on any atom is 0.124 e. The molecule has 2 N–H and O–H groups in total. The molecule has 0 saturated carbocycles. The van der Waals surface area contributed by atoms with Crippen LogP contribution < -0.4 is 5.32 Å². The molecule has 4 heteroatoms. The fraction of sp³-hybridized carbons (Fsp3) is 0.364. The van der Waals surface area contributed by atoms with Crippen LogP contribution in [0.5, 0.6) is 0 Å². The van der Waals surface area contributed by atoms with Crippen molar-refractivity contribution in [2.45, 2.75) is 12.8 Å². The van der Waals surface area contributed by atoms with Gasteiger partial charge in [-0.3, -0.25) is 0 Å². The van der Waals surface area contributed by atoms with Crippen LogP contribution in [0.2, 0.25) is 0 Å². The quantitative estimate of drug-likeness (QED) is 0.726. The Balaban J connectivity index is 2.57. The van der Waals surface area contributed by atoms with E-state index in [2.05, 4.69) is 5.32 Å². The van der Waals surface area contributed by atoms with Crippen LogP contribution in [0, 0.1) is 17.1 Å². The Labute approximate surface area is 88.2 Å². The van der Waals surface area contributed by atoms with E-state index in [1.165, 1.54) is 12.1 Å². The van der Waals surface area contributed by atoms with E-state index >= 15 is 0 Å². The van der Waals surface area contributed by atoms with Gasteiger partial charge in [0.2, 0.25) is 0 Å². The highest BCUT2D eigenvalue weighted by Gasteiger charge is 2.02. The predicted octanol–water partition coefficient (Wildman–Crippen LogP) is 1.88. The number of halogens is 1. The fourth-order valence-corrected chi connectivity index (χ4v) is 1.22. The molecule has 0 saturated heterocycles. The summed E-state index contributed by atoms with van der Waals surface area (Å²) in [4.78, 5) is 0. The van der Waals surface area contributed by atoms with Crippen molar-refractivity contribution in [2.75, 3.05) is 18.5 Å². The highest BCUT2D eigenvalue weighted by Crippen LogP contribution is 2.15. The fourth-order valence-electron chi connectivity index (χ4n) is 1.22.